The molecule has 0 aliphatic heterocycles. The van der Waals surface area contributed by atoms with E-state index >= 15 is 0 Å². The lowest BCUT2D eigenvalue weighted by Gasteiger charge is -2.09. The second kappa shape index (κ2) is 6.09. The van der Waals surface area contributed by atoms with E-state index < -0.39 is 4.92 Å². The lowest BCUT2D eigenvalue weighted by molar-refractivity contribution is -0.384. The first-order valence-corrected chi connectivity index (χ1v) is 7.22. The summed E-state index contributed by atoms with van der Waals surface area (Å²) in [6, 6.07) is 5.57. The highest BCUT2D eigenvalue weighted by molar-refractivity contribution is 5.96. The van der Waals surface area contributed by atoms with Crippen LogP contribution in [0.25, 0.3) is 0 Å². The third kappa shape index (κ3) is 2.77. The minimum absolute atomic E-state index is 0.0368. The number of aromatic nitrogens is 2. The zero-order valence-corrected chi connectivity index (χ0v) is 13.2. The van der Waals surface area contributed by atoms with Crippen molar-refractivity contribution in [3.8, 4) is 0 Å². The largest absolute Gasteiger partial charge is 0.278 e. The lowest BCUT2D eigenvalue weighted by atomic mass is 9.97. The number of carbonyl (C=O) groups excluding carboxylic acids is 1. The molecule has 0 N–H and O–H groups in total. The standard InChI is InChI=1S/C16H19N3O3/c1-5-10(2)15-11(3)17-18(12(15)4)16(20)13-6-8-14(9-7-13)19(21)22/h6-10H,5H2,1-4H3. The highest BCUT2D eigenvalue weighted by atomic mass is 16.6. The van der Waals surface area contributed by atoms with Crippen LogP contribution in [0.3, 0.4) is 0 Å². The van der Waals surface area contributed by atoms with E-state index in [0.717, 1.165) is 23.4 Å². The summed E-state index contributed by atoms with van der Waals surface area (Å²) >= 11 is 0. The van der Waals surface area contributed by atoms with E-state index in [2.05, 4.69) is 18.9 Å². The first-order chi connectivity index (χ1) is 10.4. The smallest absolute Gasteiger partial charge is 0.267 e. The maximum atomic E-state index is 12.6. The molecule has 0 saturated carbocycles. The Hall–Kier alpha value is -2.50. The van der Waals surface area contributed by atoms with E-state index in [-0.39, 0.29) is 11.6 Å². The van der Waals surface area contributed by atoms with Crippen LogP contribution < -0.4 is 0 Å². The van der Waals surface area contributed by atoms with Crippen molar-refractivity contribution in [1.82, 2.24) is 9.78 Å². The number of nitro benzene ring substituents is 1. The fraction of sp³-hybridized carbons (Fsp3) is 0.375. The van der Waals surface area contributed by atoms with Crippen molar-refractivity contribution in [3.05, 3.63) is 56.9 Å². The molecule has 2 aromatic rings. The van der Waals surface area contributed by atoms with Crippen LogP contribution in [0, 0.1) is 24.0 Å². The molecular formula is C16H19N3O3. The molecule has 6 heteroatoms. The molecule has 0 aliphatic carbocycles. The quantitative estimate of drug-likeness (QED) is 0.638. The molecule has 0 aliphatic rings. The van der Waals surface area contributed by atoms with E-state index in [1.54, 1.807) is 0 Å². The minimum Gasteiger partial charge on any atom is -0.267 e. The highest BCUT2D eigenvalue weighted by Gasteiger charge is 2.21. The lowest BCUT2D eigenvalue weighted by Crippen LogP contribution is -2.15. The Morgan fingerprint density at radius 3 is 2.41 bits per heavy atom. The van der Waals surface area contributed by atoms with Crippen LogP contribution in [-0.4, -0.2) is 20.6 Å². The average Bonchev–Trinajstić information content (AvgIpc) is 2.80. The number of benzene rings is 1. The van der Waals surface area contributed by atoms with Crippen LogP contribution in [0.15, 0.2) is 24.3 Å². The molecule has 0 spiro atoms. The van der Waals surface area contributed by atoms with E-state index in [1.165, 1.54) is 28.9 Å². The van der Waals surface area contributed by atoms with Crippen LogP contribution in [0.4, 0.5) is 5.69 Å². The van der Waals surface area contributed by atoms with Gasteiger partial charge in [-0.25, -0.2) is 4.68 Å². The molecule has 0 saturated heterocycles. The molecule has 22 heavy (non-hydrogen) atoms. The van der Waals surface area contributed by atoms with Crippen LogP contribution in [0.5, 0.6) is 0 Å². The van der Waals surface area contributed by atoms with E-state index in [0.29, 0.717) is 11.5 Å². The second-order valence-electron chi connectivity index (χ2n) is 5.41. The maximum absolute atomic E-state index is 12.6. The van der Waals surface area contributed by atoms with Crippen LogP contribution in [0.1, 0.15) is 53.5 Å². The van der Waals surface area contributed by atoms with Gasteiger partial charge in [0.1, 0.15) is 0 Å². The van der Waals surface area contributed by atoms with Gasteiger partial charge in [0.15, 0.2) is 0 Å². The van der Waals surface area contributed by atoms with Gasteiger partial charge in [-0.05, 0) is 43.9 Å². The molecule has 1 atom stereocenters. The van der Waals surface area contributed by atoms with Gasteiger partial charge in [0.25, 0.3) is 11.6 Å². The number of non-ortho nitro benzene ring substituents is 1. The van der Waals surface area contributed by atoms with Crippen molar-refractivity contribution in [3.63, 3.8) is 0 Å². The minimum atomic E-state index is -0.488. The van der Waals surface area contributed by atoms with Gasteiger partial charge in [-0.1, -0.05) is 13.8 Å². The number of hydrogen-bond donors (Lipinski definition) is 0. The van der Waals surface area contributed by atoms with Crippen molar-refractivity contribution in [2.45, 2.75) is 40.0 Å². The summed E-state index contributed by atoms with van der Waals surface area (Å²) in [6.07, 6.45) is 0.971. The first kappa shape index (κ1) is 15.9. The molecule has 0 bridgehead atoms. The van der Waals surface area contributed by atoms with Crippen LogP contribution in [-0.2, 0) is 0 Å². The predicted molar refractivity (Wildman–Crippen MR) is 83.2 cm³/mol. The monoisotopic (exact) mass is 301 g/mol. The number of nitro groups is 1. The van der Waals surface area contributed by atoms with Gasteiger partial charge < -0.3 is 0 Å². The van der Waals surface area contributed by atoms with Gasteiger partial charge in [0, 0.05) is 23.4 Å². The van der Waals surface area contributed by atoms with Gasteiger partial charge in [-0.3, -0.25) is 14.9 Å². The average molecular weight is 301 g/mol. The van der Waals surface area contributed by atoms with Gasteiger partial charge in [-0.15, -0.1) is 0 Å². The molecule has 1 heterocycles. The Kier molecular flexibility index (Phi) is 4.40. The van der Waals surface area contributed by atoms with Gasteiger partial charge in [0.05, 0.1) is 10.6 Å². The molecule has 0 radical (unpaired) electrons. The Bertz CT molecular complexity index is 717. The molecule has 2 rings (SSSR count). The molecular weight excluding hydrogens is 282 g/mol. The van der Waals surface area contributed by atoms with E-state index in [1.807, 2.05) is 13.8 Å². The summed E-state index contributed by atoms with van der Waals surface area (Å²) in [5.41, 5.74) is 3.12. The van der Waals surface area contributed by atoms with Gasteiger partial charge >= 0.3 is 0 Å². The Labute approximate surface area is 128 Å². The van der Waals surface area contributed by atoms with Crippen molar-refractivity contribution in [2.24, 2.45) is 0 Å². The third-order valence-electron chi connectivity index (χ3n) is 3.97. The fourth-order valence-electron chi connectivity index (χ4n) is 2.62. The molecule has 116 valence electrons. The molecule has 0 amide bonds. The van der Waals surface area contributed by atoms with Crippen molar-refractivity contribution in [2.75, 3.05) is 0 Å². The Morgan fingerprint density at radius 1 is 1.32 bits per heavy atom. The molecule has 1 aromatic carbocycles. The molecule has 0 fully saturated rings. The Morgan fingerprint density at radius 2 is 1.91 bits per heavy atom. The predicted octanol–water partition coefficient (Wildman–Crippen LogP) is 3.61. The summed E-state index contributed by atoms with van der Waals surface area (Å²) in [6.45, 7) is 7.98. The fourth-order valence-corrected chi connectivity index (χ4v) is 2.62. The number of hydrogen-bond acceptors (Lipinski definition) is 4. The summed E-state index contributed by atoms with van der Waals surface area (Å²) in [5, 5.41) is 15.0. The summed E-state index contributed by atoms with van der Waals surface area (Å²) in [7, 11) is 0. The summed E-state index contributed by atoms with van der Waals surface area (Å²) in [4.78, 5) is 22.7. The number of nitrogens with zero attached hydrogens (tertiary/aromatic N) is 3. The zero-order chi connectivity index (χ0) is 16.4. The van der Waals surface area contributed by atoms with Crippen molar-refractivity contribution >= 4 is 11.6 Å². The van der Waals surface area contributed by atoms with Crippen LogP contribution in [0.2, 0.25) is 0 Å². The Balaban J connectivity index is 2.40. The number of rotatable bonds is 4. The summed E-state index contributed by atoms with van der Waals surface area (Å²) < 4.78 is 1.39. The van der Waals surface area contributed by atoms with Crippen molar-refractivity contribution in [1.29, 1.82) is 0 Å². The second-order valence-corrected chi connectivity index (χ2v) is 5.41. The maximum Gasteiger partial charge on any atom is 0.278 e. The van der Waals surface area contributed by atoms with E-state index in [4.69, 9.17) is 0 Å². The topological polar surface area (TPSA) is 78.0 Å². The first-order valence-electron chi connectivity index (χ1n) is 7.22. The molecule has 6 nitrogen and oxygen atoms in total. The highest BCUT2D eigenvalue weighted by Crippen LogP contribution is 2.26. The zero-order valence-electron chi connectivity index (χ0n) is 13.2. The van der Waals surface area contributed by atoms with Crippen molar-refractivity contribution < 1.29 is 9.72 Å². The molecule has 1 unspecified atom stereocenters. The van der Waals surface area contributed by atoms with Gasteiger partial charge in [-0.2, -0.15) is 5.10 Å². The normalized spacial score (nSPS) is 12.2. The summed E-state index contributed by atoms with van der Waals surface area (Å²) in [5.74, 6) is 0.0588. The van der Waals surface area contributed by atoms with Gasteiger partial charge in [0.2, 0.25) is 0 Å². The molecule has 1 aromatic heterocycles. The SMILES string of the molecule is CCC(C)c1c(C)nn(C(=O)c2ccc([N+](=O)[O-])cc2)c1C. The number of carbonyl (C=O) groups is 1. The van der Waals surface area contributed by atoms with Crippen LogP contribution >= 0.6 is 0 Å². The van der Waals surface area contributed by atoms with E-state index in [9.17, 15) is 14.9 Å². The third-order valence-corrected chi connectivity index (χ3v) is 3.97. The number of aryl methyl sites for hydroxylation is 1.